The Bertz CT molecular complexity index is 197. The fourth-order valence-corrected chi connectivity index (χ4v) is 1.58. The van der Waals surface area contributed by atoms with E-state index in [1.807, 2.05) is 0 Å². The summed E-state index contributed by atoms with van der Waals surface area (Å²) >= 11 is 0.852. The Balaban J connectivity index is 2.82. The van der Waals surface area contributed by atoms with Crippen LogP contribution in [0.5, 0.6) is 0 Å². The van der Waals surface area contributed by atoms with Gasteiger partial charge in [0.15, 0.2) is 11.7 Å². The van der Waals surface area contributed by atoms with Crippen molar-refractivity contribution in [2.24, 2.45) is 11.7 Å². The van der Waals surface area contributed by atoms with Crippen molar-refractivity contribution in [3.8, 4) is 0 Å². The Morgan fingerprint density at radius 1 is 1.60 bits per heavy atom. The highest BCUT2D eigenvalue weighted by Gasteiger charge is 2.38. The summed E-state index contributed by atoms with van der Waals surface area (Å²) in [5, 5.41) is -0.419. The quantitative estimate of drug-likeness (QED) is 0.494. The van der Waals surface area contributed by atoms with Crippen LogP contribution in [0.25, 0.3) is 0 Å². The van der Waals surface area contributed by atoms with Crippen molar-refractivity contribution in [3.63, 3.8) is 0 Å². The Hall–Kier alpha value is -0.840. The predicted molar refractivity (Wildman–Crippen MR) is 35.2 cm³/mol. The van der Waals surface area contributed by atoms with Gasteiger partial charge in [-0.2, -0.15) is 0 Å². The molecule has 5 heteroatoms. The second-order valence-electron chi connectivity index (χ2n) is 1.91. The Morgan fingerprint density at radius 2 is 2.20 bits per heavy atom. The maximum absolute atomic E-state index is 10.7. The van der Waals surface area contributed by atoms with E-state index in [4.69, 9.17) is 5.73 Å². The van der Waals surface area contributed by atoms with E-state index in [-0.39, 0.29) is 11.5 Å². The third-order valence-corrected chi connectivity index (χ3v) is 2.15. The summed E-state index contributed by atoms with van der Waals surface area (Å²) in [6.07, 6.45) is 0. The summed E-state index contributed by atoms with van der Waals surface area (Å²) in [6, 6.07) is 0. The molecular weight excluding hydrogens is 154 g/mol. The van der Waals surface area contributed by atoms with Crippen LogP contribution >= 0.6 is 11.8 Å². The van der Waals surface area contributed by atoms with Gasteiger partial charge in [-0.25, -0.2) is 0 Å². The number of rotatable bonds is 1. The molecule has 0 aromatic carbocycles. The van der Waals surface area contributed by atoms with Crippen molar-refractivity contribution >= 4 is 28.6 Å². The number of amides is 1. The lowest BCUT2D eigenvalue weighted by Crippen LogP contribution is -2.31. The summed E-state index contributed by atoms with van der Waals surface area (Å²) in [6.45, 7) is 0. The van der Waals surface area contributed by atoms with Crippen molar-refractivity contribution in [1.82, 2.24) is 0 Å². The van der Waals surface area contributed by atoms with Gasteiger partial charge >= 0.3 is 0 Å². The fourth-order valence-electron chi connectivity index (χ4n) is 0.715. The average Bonchev–Trinajstić information content (AvgIpc) is 2.11. The van der Waals surface area contributed by atoms with Gasteiger partial charge in [-0.05, 0) is 0 Å². The van der Waals surface area contributed by atoms with Crippen LogP contribution in [0.4, 0.5) is 0 Å². The van der Waals surface area contributed by atoms with E-state index >= 15 is 0 Å². The van der Waals surface area contributed by atoms with Gasteiger partial charge in [0.2, 0.25) is 11.0 Å². The van der Waals surface area contributed by atoms with Crippen LogP contribution in [-0.2, 0) is 14.4 Å². The fraction of sp³-hybridized carbons (Fsp3) is 0.400. The van der Waals surface area contributed by atoms with E-state index in [0.29, 0.717) is 0 Å². The topological polar surface area (TPSA) is 77.2 Å². The lowest BCUT2D eigenvalue weighted by molar-refractivity contribution is -0.134. The van der Waals surface area contributed by atoms with E-state index in [1.54, 1.807) is 0 Å². The van der Waals surface area contributed by atoms with E-state index in [0.717, 1.165) is 11.8 Å². The lowest BCUT2D eigenvalue weighted by atomic mass is 10.1. The van der Waals surface area contributed by atoms with E-state index in [1.165, 1.54) is 0 Å². The molecular formula is C5H5NO3S. The first-order valence-electron chi connectivity index (χ1n) is 2.61. The lowest BCUT2D eigenvalue weighted by Gasteiger charge is -1.95. The average molecular weight is 159 g/mol. The van der Waals surface area contributed by atoms with Crippen molar-refractivity contribution in [3.05, 3.63) is 0 Å². The van der Waals surface area contributed by atoms with Gasteiger partial charge < -0.3 is 5.73 Å². The number of nitrogens with two attached hydrogens (primary N) is 1. The molecule has 1 aliphatic heterocycles. The maximum Gasteiger partial charge on any atom is 0.236 e. The standard InChI is InChI=1S/C5H5NO3S/c6-4(8)3-2(7)1-10-5(3)9/h3H,1H2,(H2,6,8). The molecule has 1 rings (SSSR count). The van der Waals surface area contributed by atoms with E-state index in [2.05, 4.69) is 0 Å². The van der Waals surface area contributed by atoms with Crippen LogP contribution in [0.3, 0.4) is 0 Å². The zero-order chi connectivity index (χ0) is 7.72. The highest BCUT2D eigenvalue weighted by molar-refractivity contribution is 8.15. The van der Waals surface area contributed by atoms with Crippen LogP contribution in [0.1, 0.15) is 0 Å². The minimum Gasteiger partial charge on any atom is -0.369 e. The van der Waals surface area contributed by atoms with Crippen molar-refractivity contribution < 1.29 is 14.4 Å². The highest BCUT2D eigenvalue weighted by Crippen LogP contribution is 2.21. The number of hydrogen-bond acceptors (Lipinski definition) is 4. The Labute approximate surface area is 61.1 Å². The molecule has 1 atom stereocenters. The summed E-state index contributed by atoms with van der Waals surface area (Å²) in [4.78, 5) is 31.7. The van der Waals surface area contributed by atoms with Gasteiger partial charge in [-0.1, -0.05) is 11.8 Å². The molecule has 1 heterocycles. The molecule has 0 aliphatic carbocycles. The zero-order valence-corrected chi connectivity index (χ0v) is 5.81. The maximum atomic E-state index is 10.7. The molecule has 1 aliphatic rings. The van der Waals surface area contributed by atoms with Crippen LogP contribution in [0.2, 0.25) is 0 Å². The molecule has 1 amide bonds. The minimum absolute atomic E-state index is 0.0897. The van der Waals surface area contributed by atoms with Crippen LogP contribution in [0, 0.1) is 5.92 Å². The van der Waals surface area contributed by atoms with Gasteiger partial charge in [0, 0.05) is 0 Å². The number of thioether (sulfide) groups is 1. The first kappa shape index (κ1) is 7.27. The van der Waals surface area contributed by atoms with Crippen LogP contribution in [-0.4, -0.2) is 22.6 Å². The zero-order valence-electron chi connectivity index (χ0n) is 4.99. The molecule has 10 heavy (non-hydrogen) atoms. The SMILES string of the molecule is NC(=O)C1C(=O)CSC1=O. The second kappa shape index (κ2) is 2.42. The van der Waals surface area contributed by atoms with E-state index in [9.17, 15) is 14.4 Å². The minimum atomic E-state index is -1.18. The van der Waals surface area contributed by atoms with Crippen molar-refractivity contribution in [1.29, 1.82) is 0 Å². The van der Waals surface area contributed by atoms with E-state index < -0.39 is 16.9 Å². The van der Waals surface area contributed by atoms with Gasteiger partial charge in [0.1, 0.15) is 0 Å². The number of carbonyl (C=O) groups is 3. The first-order valence-corrected chi connectivity index (χ1v) is 3.60. The van der Waals surface area contributed by atoms with Gasteiger partial charge in [0.05, 0.1) is 5.75 Å². The molecule has 0 saturated carbocycles. The normalized spacial score (nSPS) is 25.4. The molecule has 0 radical (unpaired) electrons. The number of Topliss-reactive ketones (excluding diaryl/α,β-unsaturated/α-hetero) is 1. The summed E-state index contributed by atoms with van der Waals surface area (Å²) in [7, 11) is 0. The molecule has 1 fully saturated rings. The molecule has 0 aromatic rings. The Kier molecular flexibility index (Phi) is 1.76. The smallest absolute Gasteiger partial charge is 0.236 e. The molecule has 4 nitrogen and oxygen atoms in total. The molecule has 54 valence electrons. The third-order valence-electron chi connectivity index (χ3n) is 1.20. The molecule has 1 saturated heterocycles. The largest absolute Gasteiger partial charge is 0.369 e. The van der Waals surface area contributed by atoms with Gasteiger partial charge in [0.25, 0.3) is 0 Å². The molecule has 0 aromatic heterocycles. The number of carbonyl (C=O) groups excluding carboxylic acids is 3. The predicted octanol–water partition coefficient (Wildman–Crippen LogP) is -1.07. The monoisotopic (exact) mass is 159 g/mol. The molecule has 0 bridgehead atoms. The van der Waals surface area contributed by atoms with Gasteiger partial charge in [-0.15, -0.1) is 0 Å². The van der Waals surface area contributed by atoms with Crippen LogP contribution in [0.15, 0.2) is 0 Å². The van der Waals surface area contributed by atoms with Crippen LogP contribution < -0.4 is 5.73 Å². The third kappa shape index (κ3) is 1.04. The summed E-state index contributed by atoms with van der Waals surface area (Å²) in [5.41, 5.74) is 4.78. The Morgan fingerprint density at radius 3 is 2.40 bits per heavy atom. The van der Waals surface area contributed by atoms with Crippen molar-refractivity contribution in [2.75, 3.05) is 5.75 Å². The number of ketones is 1. The van der Waals surface area contributed by atoms with Crippen molar-refractivity contribution in [2.45, 2.75) is 0 Å². The molecule has 0 spiro atoms. The molecule has 1 unspecified atom stereocenters. The molecule has 2 N–H and O–H groups in total. The van der Waals surface area contributed by atoms with Gasteiger partial charge in [-0.3, -0.25) is 14.4 Å². The second-order valence-corrected chi connectivity index (χ2v) is 2.89. The first-order chi connectivity index (χ1) is 4.63. The number of hydrogen-bond donors (Lipinski definition) is 1. The summed E-state index contributed by atoms with van der Waals surface area (Å²) in [5.74, 6) is -2.29. The highest BCUT2D eigenvalue weighted by atomic mass is 32.2. The summed E-state index contributed by atoms with van der Waals surface area (Å²) < 4.78 is 0. The number of primary amides is 1.